The number of hydrogen-bond donors (Lipinski definition) is 0. The van der Waals surface area contributed by atoms with Crippen molar-refractivity contribution in [2.45, 2.75) is 0 Å². The van der Waals surface area contributed by atoms with Gasteiger partial charge in [-0.1, -0.05) is 0 Å². The van der Waals surface area contributed by atoms with Crippen LogP contribution >= 0.6 is 0 Å². The van der Waals surface area contributed by atoms with Gasteiger partial charge < -0.3 is 30.1 Å². The van der Waals surface area contributed by atoms with Crippen LogP contribution in [0, 0.1) is 0 Å². The smallest absolute Gasteiger partial charge is 0.907 e. The van der Waals surface area contributed by atoms with E-state index in [2.05, 4.69) is 0 Å². The topological polar surface area (TPSA) is 138 Å². The zero-order valence-electron chi connectivity index (χ0n) is 5.52. The van der Waals surface area contributed by atoms with Gasteiger partial charge in [0.25, 0.3) is 0 Å². The second-order valence-corrected chi connectivity index (χ2v) is 0.577. The van der Waals surface area contributed by atoms with Crippen LogP contribution in [0.5, 0.6) is 0 Å². The number of hydrogen-bond acceptors (Lipinski definition) is 6. The average molecular weight is 430 g/mol. The van der Waals surface area contributed by atoms with Crippen molar-refractivity contribution in [1.29, 1.82) is 0 Å². The van der Waals surface area contributed by atoms with Crippen molar-refractivity contribution >= 4 is 79.7 Å². The molecule has 11 heteroatoms. The van der Waals surface area contributed by atoms with Crippen LogP contribution in [0.3, 0.4) is 0 Å². The predicted molar refractivity (Wildman–Crippen MR) is 23.0 cm³/mol. The molecule has 0 heterocycles. The molecule has 2 radical (unpaired) electrons. The zero-order chi connectivity index (χ0) is 7.15. The first-order valence-corrected chi connectivity index (χ1v) is 1.41. The van der Waals surface area contributed by atoms with E-state index in [1.165, 1.54) is 0 Å². The molecule has 0 unspecified atom stereocenters. The van der Waals surface area contributed by atoms with Crippen LogP contribution in [-0.4, -0.2) is 79.7 Å². The van der Waals surface area contributed by atoms with E-state index < -0.39 is 14.6 Å². The van der Waals surface area contributed by atoms with Crippen molar-refractivity contribution in [3.05, 3.63) is 0 Å². The van der Waals surface area contributed by atoms with Crippen LogP contribution in [0.2, 0.25) is 0 Å². The fourth-order valence-electron chi connectivity index (χ4n) is 0. The molecule has 0 spiro atoms. The first-order valence-electron chi connectivity index (χ1n) is 1.41. The van der Waals surface area contributed by atoms with Gasteiger partial charge in [-0.15, -0.1) is 0 Å². The van der Waals surface area contributed by atoms with E-state index >= 15 is 0 Å². The summed E-state index contributed by atoms with van der Waals surface area (Å²) in [6.07, 6.45) is 0. The molecule has 0 fully saturated rings. The third kappa shape index (κ3) is 200. The maximum Gasteiger partial charge on any atom is 2.00 e. The van der Waals surface area contributed by atoms with E-state index in [4.69, 9.17) is 30.1 Å². The Morgan fingerprint density at radius 3 is 0.636 bits per heavy atom. The Kier molecular flexibility index (Phi) is 61.0. The van der Waals surface area contributed by atoms with Crippen molar-refractivity contribution in [3.63, 3.8) is 0 Å². The Hall–Kier alpha value is 2.70. The minimum atomic E-state index is -2.92. The largest absolute Gasteiger partial charge is 2.00 e. The minimum absolute atomic E-state index is 0. The maximum absolute atomic E-state index is 8.42. The van der Waals surface area contributed by atoms with Gasteiger partial charge in [0.05, 0.1) is 0 Å². The molecule has 0 atom stereocenters. The molecule has 0 amide bonds. The summed E-state index contributed by atoms with van der Waals surface area (Å²) in [7, 11) is -5.83. The predicted octanol–water partition coefficient (Wildman–Crippen LogP) is -8.66. The van der Waals surface area contributed by atoms with E-state index in [1.807, 2.05) is 0 Å². The van der Waals surface area contributed by atoms with E-state index in [0.717, 1.165) is 0 Å². The molecule has 0 aliphatic carbocycles. The third-order valence-electron chi connectivity index (χ3n) is 0. The quantitative estimate of drug-likeness (QED) is 0.350. The monoisotopic (exact) mass is 430 g/mol. The Morgan fingerprint density at radius 2 is 0.636 bits per heavy atom. The molecule has 0 saturated carbocycles. The molecule has 50 valence electrons. The Bertz CT molecular complexity index is 36.1. The molecule has 0 bridgehead atoms. The molecular formula is B2CaO6PbZn. The average Bonchev–Trinajstić information content (AvgIpc) is 1.25. The first-order chi connectivity index (χ1) is 3.46. The Morgan fingerprint density at radius 1 is 0.636 bits per heavy atom. The van der Waals surface area contributed by atoms with Crippen molar-refractivity contribution in [1.82, 2.24) is 0 Å². The Balaban J connectivity index is -0.0000000171. The summed E-state index contributed by atoms with van der Waals surface area (Å²) >= 11 is 0. The van der Waals surface area contributed by atoms with Gasteiger partial charge >= 0.3 is 84.5 Å². The summed E-state index contributed by atoms with van der Waals surface area (Å²) in [5.74, 6) is 0. The third-order valence-corrected chi connectivity index (χ3v) is 0. The van der Waals surface area contributed by atoms with Crippen molar-refractivity contribution in [2.24, 2.45) is 0 Å². The van der Waals surface area contributed by atoms with E-state index in [0.29, 0.717) is 0 Å². The van der Waals surface area contributed by atoms with Gasteiger partial charge in [0.15, 0.2) is 0 Å². The van der Waals surface area contributed by atoms with Crippen LogP contribution in [-0.2, 0) is 19.5 Å². The van der Waals surface area contributed by atoms with Crippen LogP contribution in [0.25, 0.3) is 0 Å². The van der Waals surface area contributed by atoms with Crippen LogP contribution in [0.15, 0.2) is 0 Å². The standard InChI is InChI=1S/2BO3.Ca.Pb.Zn/c2*2-1(3)4;;;/q2*-3;3*+2. The molecule has 0 rings (SSSR count). The fraction of sp³-hybridized carbons (Fsp3) is 0. The molecule has 0 aliphatic heterocycles. The summed E-state index contributed by atoms with van der Waals surface area (Å²) in [6.45, 7) is 0. The van der Waals surface area contributed by atoms with E-state index in [9.17, 15) is 0 Å². The first kappa shape index (κ1) is 29.2. The van der Waals surface area contributed by atoms with Crippen molar-refractivity contribution < 1.29 is 49.6 Å². The van der Waals surface area contributed by atoms with E-state index in [-0.39, 0.29) is 84.5 Å². The molecule has 0 N–H and O–H groups in total. The zero-order valence-corrected chi connectivity index (χ0v) is 14.6. The summed E-state index contributed by atoms with van der Waals surface area (Å²) in [5.41, 5.74) is 0. The second-order valence-electron chi connectivity index (χ2n) is 0.577. The van der Waals surface area contributed by atoms with Gasteiger partial charge in [-0.25, -0.2) is 0 Å². The molecule has 0 aromatic rings. The van der Waals surface area contributed by atoms with Crippen LogP contribution < -0.4 is 30.1 Å². The molecular weight excluding hydrogens is 430 g/mol. The van der Waals surface area contributed by atoms with Gasteiger partial charge in [-0.3, -0.25) is 14.6 Å². The minimum Gasteiger partial charge on any atom is -0.907 e. The molecule has 0 aromatic heterocycles. The van der Waals surface area contributed by atoms with Gasteiger partial charge in [-0.2, -0.15) is 0 Å². The maximum atomic E-state index is 8.42. The SMILES string of the molecule is [Ca+2].[O-]B([O-])[O-].[O-]B([O-])[O-].[Pb+2].[Zn+2]. The normalized spacial score (nSPS) is 4.91. The van der Waals surface area contributed by atoms with Gasteiger partial charge in [-0.05, 0) is 0 Å². The summed E-state index contributed by atoms with van der Waals surface area (Å²) < 4.78 is 0. The van der Waals surface area contributed by atoms with Gasteiger partial charge in [0.2, 0.25) is 0 Å². The molecule has 0 saturated heterocycles. The van der Waals surface area contributed by atoms with Crippen molar-refractivity contribution in [3.8, 4) is 0 Å². The summed E-state index contributed by atoms with van der Waals surface area (Å²) in [5, 5.41) is 50.5. The number of rotatable bonds is 0. The molecule has 6 nitrogen and oxygen atoms in total. The Labute approximate surface area is 127 Å². The van der Waals surface area contributed by atoms with Crippen molar-refractivity contribution in [2.75, 3.05) is 0 Å². The molecule has 0 aromatic carbocycles. The molecule has 0 aliphatic rings. The van der Waals surface area contributed by atoms with Gasteiger partial charge in [0.1, 0.15) is 0 Å². The van der Waals surface area contributed by atoms with Gasteiger partial charge in [0, 0.05) is 0 Å². The molecule has 11 heavy (non-hydrogen) atoms. The van der Waals surface area contributed by atoms with Crippen LogP contribution in [0.1, 0.15) is 0 Å². The van der Waals surface area contributed by atoms with E-state index in [1.54, 1.807) is 0 Å². The summed E-state index contributed by atoms with van der Waals surface area (Å²) in [4.78, 5) is 0. The summed E-state index contributed by atoms with van der Waals surface area (Å²) in [6, 6.07) is 0. The second kappa shape index (κ2) is 23.0. The fourth-order valence-corrected chi connectivity index (χ4v) is 0. The van der Waals surface area contributed by atoms with Crippen LogP contribution in [0.4, 0.5) is 0 Å².